The van der Waals surface area contributed by atoms with Crippen molar-refractivity contribution in [3.8, 4) is 11.5 Å². The minimum absolute atomic E-state index is 0.0269. The summed E-state index contributed by atoms with van der Waals surface area (Å²) in [4.78, 5) is 12.1. The maximum absolute atomic E-state index is 12.1. The van der Waals surface area contributed by atoms with Crippen molar-refractivity contribution in [2.75, 3.05) is 5.75 Å². The maximum Gasteiger partial charge on any atom is 0.277 e. The quantitative estimate of drug-likeness (QED) is 0.512. The highest BCUT2D eigenvalue weighted by molar-refractivity contribution is 7.99. The van der Waals surface area contributed by atoms with Crippen LogP contribution in [0, 0.1) is 6.92 Å². The lowest BCUT2D eigenvalue weighted by Crippen LogP contribution is -2.01. The molecule has 5 nitrogen and oxygen atoms in total. The van der Waals surface area contributed by atoms with Gasteiger partial charge in [-0.15, -0.1) is 10.2 Å². The molecule has 0 unspecified atom stereocenters. The summed E-state index contributed by atoms with van der Waals surface area (Å²) in [5.74, 6) is 1.28. The number of halogens is 1. The van der Waals surface area contributed by atoms with Crippen molar-refractivity contribution in [2.45, 2.75) is 12.1 Å². The first-order valence-corrected chi connectivity index (χ1v) is 7.79. The van der Waals surface area contributed by atoms with E-state index in [4.69, 9.17) is 20.4 Å². The van der Waals surface area contributed by atoms with E-state index >= 15 is 0 Å². The van der Waals surface area contributed by atoms with Gasteiger partial charge in [-0.05, 0) is 37.3 Å². The molecule has 0 saturated heterocycles. The topological polar surface area (TPSA) is 69.1 Å². The van der Waals surface area contributed by atoms with Gasteiger partial charge in [0.15, 0.2) is 5.78 Å². The molecule has 112 valence electrons. The van der Waals surface area contributed by atoms with Crippen LogP contribution in [0.25, 0.3) is 11.5 Å². The molecule has 22 heavy (non-hydrogen) atoms. The Labute approximate surface area is 135 Å². The molecule has 0 saturated carbocycles. The van der Waals surface area contributed by atoms with Gasteiger partial charge in [0.2, 0.25) is 0 Å². The summed E-state index contributed by atoms with van der Waals surface area (Å²) in [5, 5.41) is 8.82. The smallest absolute Gasteiger partial charge is 0.277 e. The van der Waals surface area contributed by atoms with Gasteiger partial charge in [-0.25, -0.2) is 0 Å². The number of thioether (sulfide) groups is 1. The molecule has 7 heteroatoms. The van der Waals surface area contributed by atoms with E-state index in [0.29, 0.717) is 27.5 Å². The summed E-state index contributed by atoms with van der Waals surface area (Å²) in [6.45, 7) is 1.82. The highest BCUT2D eigenvalue weighted by Gasteiger charge is 2.14. The van der Waals surface area contributed by atoms with Crippen LogP contribution < -0.4 is 0 Å². The fourth-order valence-electron chi connectivity index (χ4n) is 1.83. The Bertz CT molecular complexity index is 795. The number of nitrogens with zero attached hydrogens (tertiary/aromatic N) is 2. The second-order valence-corrected chi connectivity index (χ2v) is 5.85. The maximum atomic E-state index is 12.1. The van der Waals surface area contributed by atoms with Gasteiger partial charge < -0.3 is 8.83 Å². The number of hydrogen-bond donors (Lipinski definition) is 0. The SMILES string of the molecule is Cc1occc1-c1nnc(SCC(=O)c2ccc(Cl)cc2)o1. The zero-order valence-corrected chi connectivity index (χ0v) is 13.1. The number of carbonyl (C=O) groups is 1. The number of rotatable bonds is 5. The molecule has 3 rings (SSSR count). The van der Waals surface area contributed by atoms with Gasteiger partial charge in [0.05, 0.1) is 17.6 Å². The van der Waals surface area contributed by atoms with Crippen LogP contribution in [0.4, 0.5) is 0 Å². The number of furan rings is 1. The molecule has 2 heterocycles. The van der Waals surface area contributed by atoms with Crippen molar-refractivity contribution in [1.29, 1.82) is 0 Å². The van der Waals surface area contributed by atoms with Gasteiger partial charge >= 0.3 is 0 Å². The third-order valence-corrected chi connectivity index (χ3v) is 4.06. The molecule has 0 bridgehead atoms. The van der Waals surface area contributed by atoms with Crippen LogP contribution in [0.1, 0.15) is 16.1 Å². The lowest BCUT2D eigenvalue weighted by Gasteiger charge is -1.98. The molecule has 0 atom stereocenters. The molecule has 0 aliphatic rings. The van der Waals surface area contributed by atoms with Crippen LogP contribution in [0.5, 0.6) is 0 Å². The molecule has 0 spiro atoms. The van der Waals surface area contributed by atoms with Crippen molar-refractivity contribution in [3.05, 3.63) is 52.9 Å². The summed E-state index contributed by atoms with van der Waals surface area (Å²) in [5.41, 5.74) is 1.35. The number of carbonyl (C=O) groups excluding carboxylic acids is 1. The number of ketones is 1. The van der Waals surface area contributed by atoms with E-state index in [1.807, 2.05) is 6.92 Å². The van der Waals surface area contributed by atoms with Crippen LogP contribution in [-0.4, -0.2) is 21.7 Å². The summed E-state index contributed by atoms with van der Waals surface area (Å²) >= 11 is 6.99. The second-order valence-electron chi connectivity index (χ2n) is 4.48. The summed E-state index contributed by atoms with van der Waals surface area (Å²) in [6, 6.07) is 8.52. The molecule has 0 N–H and O–H groups in total. The van der Waals surface area contributed by atoms with Gasteiger partial charge in [-0.3, -0.25) is 4.79 Å². The van der Waals surface area contributed by atoms with Crippen LogP contribution in [0.3, 0.4) is 0 Å². The lowest BCUT2D eigenvalue weighted by atomic mass is 10.1. The van der Waals surface area contributed by atoms with E-state index in [9.17, 15) is 4.79 Å². The third-order valence-electron chi connectivity index (χ3n) is 2.99. The standard InChI is InChI=1S/C15H11ClN2O3S/c1-9-12(6-7-20-9)14-17-18-15(21-14)22-8-13(19)10-2-4-11(16)5-3-10/h2-7H,8H2,1H3. The Morgan fingerprint density at radius 3 is 2.68 bits per heavy atom. The van der Waals surface area contributed by atoms with Gasteiger partial charge in [0.1, 0.15) is 5.76 Å². The molecular formula is C15H11ClN2O3S. The molecule has 0 fully saturated rings. The molecule has 0 radical (unpaired) electrons. The Hall–Kier alpha value is -2.05. The monoisotopic (exact) mass is 334 g/mol. The van der Waals surface area contributed by atoms with E-state index in [2.05, 4.69) is 10.2 Å². The summed E-state index contributed by atoms with van der Waals surface area (Å²) < 4.78 is 10.7. The van der Waals surface area contributed by atoms with Crippen molar-refractivity contribution < 1.29 is 13.6 Å². The van der Waals surface area contributed by atoms with Crippen LogP contribution in [0.2, 0.25) is 5.02 Å². The number of Topliss-reactive ketones (excluding diaryl/α,β-unsaturated/α-hetero) is 1. The van der Waals surface area contributed by atoms with Crippen LogP contribution in [0.15, 0.2) is 50.7 Å². The highest BCUT2D eigenvalue weighted by atomic mass is 35.5. The number of aryl methyl sites for hydroxylation is 1. The van der Waals surface area contributed by atoms with E-state index in [0.717, 1.165) is 5.56 Å². The highest BCUT2D eigenvalue weighted by Crippen LogP contribution is 2.26. The zero-order valence-electron chi connectivity index (χ0n) is 11.6. The zero-order chi connectivity index (χ0) is 15.5. The first-order valence-electron chi connectivity index (χ1n) is 6.43. The largest absolute Gasteiger partial charge is 0.469 e. The predicted octanol–water partition coefficient (Wildman–Crippen LogP) is 4.27. The van der Waals surface area contributed by atoms with Gasteiger partial charge in [-0.1, -0.05) is 23.4 Å². The van der Waals surface area contributed by atoms with Crippen molar-refractivity contribution >= 4 is 29.1 Å². The second kappa shape index (κ2) is 6.37. The Morgan fingerprint density at radius 2 is 2.00 bits per heavy atom. The minimum Gasteiger partial charge on any atom is -0.469 e. The van der Waals surface area contributed by atoms with E-state index in [1.165, 1.54) is 11.8 Å². The van der Waals surface area contributed by atoms with Gasteiger partial charge in [-0.2, -0.15) is 0 Å². The van der Waals surface area contributed by atoms with Gasteiger partial charge in [0, 0.05) is 10.6 Å². The molecule has 0 aliphatic heterocycles. The fraction of sp³-hybridized carbons (Fsp3) is 0.133. The first kappa shape index (κ1) is 14.9. The van der Waals surface area contributed by atoms with Crippen molar-refractivity contribution in [3.63, 3.8) is 0 Å². The lowest BCUT2D eigenvalue weighted by molar-refractivity contribution is 0.102. The fourth-order valence-corrected chi connectivity index (χ4v) is 2.61. The summed E-state index contributed by atoms with van der Waals surface area (Å²) in [6.07, 6.45) is 1.56. The molecule has 1 aromatic carbocycles. The first-order chi connectivity index (χ1) is 10.6. The molecular weight excluding hydrogens is 324 g/mol. The Kier molecular flexibility index (Phi) is 4.31. The number of aromatic nitrogens is 2. The van der Waals surface area contributed by atoms with Crippen molar-refractivity contribution in [1.82, 2.24) is 10.2 Å². The van der Waals surface area contributed by atoms with Crippen LogP contribution >= 0.6 is 23.4 Å². The Morgan fingerprint density at radius 1 is 1.23 bits per heavy atom. The van der Waals surface area contributed by atoms with E-state index < -0.39 is 0 Å². The molecule has 2 aromatic heterocycles. The van der Waals surface area contributed by atoms with E-state index in [-0.39, 0.29) is 11.5 Å². The van der Waals surface area contributed by atoms with Crippen molar-refractivity contribution in [2.24, 2.45) is 0 Å². The van der Waals surface area contributed by atoms with Crippen LogP contribution in [-0.2, 0) is 0 Å². The molecule has 0 aliphatic carbocycles. The Balaban J connectivity index is 1.65. The predicted molar refractivity (Wildman–Crippen MR) is 83.2 cm³/mol. The third kappa shape index (κ3) is 3.23. The average molecular weight is 335 g/mol. The number of hydrogen-bond acceptors (Lipinski definition) is 6. The summed E-state index contributed by atoms with van der Waals surface area (Å²) in [7, 11) is 0. The average Bonchev–Trinajstić information content (AvgIpc) is 3.14. The molecule has 0 amide bonds. The van der Waals surface area contributed by atoms with Gasteiger partial charge in [0.25, 0.3) is 11.1 Å². The minimum atomic E-state index is -0.0269. The van der Waals surface area contributed by atoms with E-state index in [1.54, 1.807) is 36.6 Å². The normalized spacial score (nSPS) is 10.8. The molecule has 3 aromatic rings. The number of benzene rings is 1.